The van der Waals surface area contributed by atoms with Gasteiger partial charge < -0.3 is 15.4 Å². The Kier molecular flexibility index (Phi) is 5.54. The molecular formula is C21H25N5O. The van der Waals surface area contributed by atoms with E-state index < -0.39 is 0 Å². The molecule has 6 nitrogen and oxygen atoms in total. The minimum Gasteiger partial charge on any atom is -0.495 e. The molecule has 0 saturated heterocycles. The summed E-state index contributed by atoms with van der Waals surface area (Å²) in [6, 6.07) is 12.2. The maximum Gasteiger partial charge on any atom is 0.249 e. The molecule has 0 fully saturated rings. The van der Waals surface area contributed by atoms with Crippen LogP contribution < -0.4 is 15.4 Å². The number of hydrogen-bond donors (Lipinski definition) is 2. The fraction of sp³-hybridized carbons (Fsp3) is 0.286. The highest BCUT2D eigenvalue weighted by molar-refractivity contribution is 5.67. The first kappa shape index (κ1) is 18.6. The summed E-state index contributed by atoms with van der Waals surface area (Å²) in [7, 11) is 1.64. The van der Waals surface area contributed by atoms with Gasteiger partial charge in [-0.3, -0.25) is 0 Å². The van der Waals surface area contributed by atoms with E-state index in [-0.39, 0.29) is 0 Å². The van der Waals surface area contributed by atoms with Crippen LogP contribution in [0.3, 0.4) is 0 Å². The van der Waals surface area contributed by atoms with Crippen LogP contribution in [0.25, 0.3) is 0 Å². The minimum atomic E-state index is 0.399. The quantitative estimate of drug-likeness (QED) is 0.634. The summed E-state index contributed by atoms with van der Waals surface area (Å²) in [5.41, 5.74) is 5.38. The molecule has 0 saturated carbocycles. The van der Waals surface area contributed by atoms with Crippen molar-refractivity contribution < 1.29 is 4.74 Å². The lowest BCUT2D eigenvalue weighted by atomic mass is 9.98. The second kappa shape index (κ2) is 8.03. The van der Waals surface area contributed by atoms with Crippen LogP contribution in [0.4, 0.5) is 23.1 Å². The third kappa shape index (κ3) is 4.34. The lowest BCUT2D eigenvalue weighted by molar-refractivity contribution is 0.416. The van der Waals surface area contributed by atoms with Gasteiger partial charge >= 0.3 is 0 Å². The first-order valence-electron chi connectivity index (χ1n) is 8.96. The Labute approximate surface area is 160 Å². The Balaban J connectivity index is 1.89. The summed E-state index contributed by atoms with van der Waals surface area (Å²) in [6.45, 7) is 8.46. The molecule has 0 aliphatic heterocycles. The van der Waals surface area contributed by atoms with E-state index in [1.807, 2.05) is 25.1 Å². The van der Waals surface area contributed by atoms with Crippen LogP contribution in [0.15, 0.2) is 42.6 Å². The number of rotatable bonds is 6. The molecule has 0 radical (unpaired) electrons. The zero-order valence-electron chi connectivity index (χ0n) is 16.4. The van der Waals surface area contributed by atoms with Crippen molar-refractivity contribution >= 4 is 23.1 Å². The monoisotopic (exact) mass is 363 g/mol. The number of benzene rings is 2. The van der Waals surface area contributed by atoms with Crippen LogP contribution in [0.1, 0.15) is 36.5 Å². The number of nitrogens with zero attached hydrogens (tertiary/aromatic N) is 3. The van der Waals surface area contributed by atoms with Crippen molar-refractivity contribution in [1.29, 1.82) is 0 Å². The standard InChI is InChI=1S/C21H25N5O/c1-13(2)16-8-6-7-15(4)20(16)24-19-12-22-26-21(25-19)23-17-11-14(3)9-10-18(17)27-5/h6-13H,1-5H3,(H2,23,24,25,26). The minimum absolute atomic E-state index is 0.399. The van der Waals surface area contributed by atoms with Crippen LogP contribution in [0.5, 0.6) is 5.75 Å². The van der Waals surface area contributed by atoms with Crippen molar-refractivity contribution in [3.8, 4) is 5.75 Å². The van der Waals surface area contributed by atoms with Crippen molar-refractivity contribution in [1.82, 2.24) is 15.2 Å². The summed E-state index contributed by atoms with van der Waals surface area (Å²) < 4.78 is 5.40. The SMILES string of the molecule is COc1ccc(C)cc1Nc1nncc(Nc2c(C)cccc2C(C)C)n1. The van der Waals surface area contributed by atoms with Gasteiger partial charge in [0.05, 0.1) is 19.0 Å². The summed E-state index contributed by atoms with van der Waals surface area (Å²) >= 11 is 0. The summed E-state index contributed by atoms with van der Waals surface area (Å²) in [4.78, 5) is 4.56. The Bertz CT molecular complexity index is 940. The van der Waals surface area contributed by atoms with Crippen molar-refractivity contribution in [2.24, 2.45) is 0 Å². The predicted molar refractivity (Wildman–Crippen MR) is 109 cm³/mol. The maximum absolute atomic E-state index is 5.40. The van der Waals surface area contributed by atoms with Gasteiger partial charge in [0.15, 0.2) is 5.82 Å². The van der Waals surface area contributed by atoms with Crippen LogP contribution in [0.2, 0.25) is 0 Å². The molecule has 3 aromatic rings. The fourth-order valence-corrected chi connectivity index (χ4v) is 2.93. The number of anilines is 4. The predicted octanol–water partition coefficient (Wildman–Crippen LogP) is 5.11. The molecule has 1 heterocycles. The average Bonchev–Trinajstić information content (AvgIpc) is 2.64. The van der Waals surface area contributed by atoms with Crippen LogP contribution in [-0.4, -0.2) is 22.3 Å². The molecule has 0 aliphatic carbocycles. The van der Waals surface area contributed by atoms with Gasteiger partial charge in [0.2, 0.25) is 5.95 Å². The first-order chi connectivity index (χ1) is 13.0. The molecule has 1 aromatic heterocycles. The molecule has 27 heavy (non-hydrogen) atoms. The zero-order valence-corrected chi connectivity index (χ0v) is 16.4. The maximum atomic E-state index is 5.40. The van der Waals surface area contributed by atoms with Gasteiger partial charge in [-0.05, 0) is 48.6 Å². The molecule has 2 N–H and O–H groups in total. The Morgan fingerprint density at radius 3 is 2.59 bits per heavy atom. The topological polar surface area (TPSA) is 72.0 Å². The highest BCUT2D eigenvalue weighted by Gasteiger charge is 2.11. The fourth-order valence-electron chi connectivity index (χ4n) is 2.93. The third-order valence-electron chi connectivity index (χ3n) is 4.34. The molecule has 0 bridgehead atoms. The van der Waals surface area contributed by atoms with Crippen molar-refractivity contribution in [3.63, 3.8) is 0 Å². The third-order valence-corrected chi connectivity index (χ3v) is 4.34. The van der Waals surface area contributed by atoms with Gasteiger partial charge in [-0.2, -0.15) is 10.1 Å². The van der Waals surface area contributed by atoms with Crippen molar-refractivity contribution in [2.45, 2.75) is 33.6 Å². The Morgan fingerprint density at radius 1 is 1.04 bits per heavy atom. The summed E-state index contributed by atoms with van der Waals surface area (Å²) in [6.07, 6.45) is 1.62. The van der Waals surface area contributed by atoms with Gasteiger partial charge in [-0.25, -0.2) is 0 Å². The second-order valence-corrected chi connectivity index (χ2v) is 6.81. The number of aryl methyl sites for hydroxylation is 2. The molecular weight excluding hydrogens is 338 g/mol. The lowest BCUT2D eigenvalue weighted by Crippen LogP contribution is -2.06. The molecule has 140 valence electrons. The van der Waals surface area contributed by atoms with E-state index in [0.29, 0.717) is 17.7 Å². The van der Waals surface area contributed by atoms with Gasteiger partial charge in [-0.15, -0.1) is 5.10 Å². The number of ether oxygens (including phenoxy) is 1. The highest BCUT2D eigenvalue weighted by atomic mass is 16.5. The normalized spacial score (nSPS) is 10.7. The van der Waals surface area contributed by atoms with E-state index in [1.54, 1.807) is 13.3 Å². The number of nitrogens with one attached hydrogen (secondary N) is 2. The molecule has 3 rings (SSSR count). The smallest absolute Gasteiger partial charge is 0.249 e. The van der Waals surface area contributed by atoms with Crippen molar-refractivity contribution in [3.05, 3.63) is 59.3 Å². The van der Waals surface area contributed by atoms with Crippen LogP contribution in [0, 0.1) is 13.8 Å². The molecule has 0 spiro atoms. The number of para-hydroxylation sites is 1. The second-order valence-electron chi connectivity index (χ2n) is 6.81. The summed E-state index contributed by atoms with van der Waals surface area (Å²) in [5, 5.41) is 14.8. The summed E-state index contributed by atoms with van der Waals surface area (Å²) in [5.74, 6) is 2.17. The van der Waals surface area contributed by atoms with Crippen LogP contribution >= 0.6 is 0 Å². The Hall–Kier alpha value is -3.15. The van der Waals surface area contributed by atoms with E-state index in [4.69, 9.17) is 4.74 Å². The van der Waals surface area contributed by atoms with E-state index in [2.05, 4.69) is 64.8 Å². The molecule has 2 aromatic carbocycles. The highest BCUT2D eigenvalue weighted by Crippen LogP contribution is 2.30. The van der Waals surface area contributed by atoms with Crippen LogP contribution in [-0.2, 0) is 0 Å². The molecule has 0 amide bonds. The van der Waals surface area contributed by atoms with Gasteiger partial charge in [0, 0.05) is 5.69 Å². The Morgan fingerprint density at radius 2 is 1.85 bits per heavy atom. The van der Waals surface area contributed by atoms with E-state index >= 15 is 0 Å². The first-order valence-corrected chi connectivity index (χ1v) is 8.96. The van der Waals surface area contributed by atoms with E-state index in [9.17, 15) is 0 Å². The lowest BCUT2D eigenvalue weighted by Gasteiger charge is -2.17. The van der Waals surface area contributed by atoms with E-state index in [1.165, 1.54) is 5.56 Å². The molecule has 6 heteroatoms. The average molecular weight is 363 g/mol. The zero-order chi connectivity index (χ0) is 19.4. The molecule has 0 unspecified atom stereocenters. The molecule has 0 atom stereocenters. The van der Waals surface area contributed by atoms with Gasteiger partial charge in [-0.1, -0.05) is 38.1 Å². The van der Waals surface area contributed by atoms with Crippen molar-refractivity contribution in [2.75, 3.05) is 17.7 Å². The number of aromatic nitrogens is 3. The van der Waals surface area contributed by atoms with Gasteiger partial charge in [0.1, 0.15) is 5.75 Å². The van der Waals surface area contributed by atoms with E-state index in [0.717, 1.165) is 28.3 Å². The number of hydrogen-bond acceptors (Lipinski definition) is 6. The molecule has 0 aliphatic rings. The number of methoxy groups -OCH3 is 1. The van der Waals surface area contributed by atoms with Gasteiger partial charge in [0.25, 0.3) is 0 Å². The largest absolute Gasteiger partial charge is 0.495 e.